The molecule has 1 aliphatic rings. The van der Waals surface area contributed by atoms with Crippen LogP contribution in [0.1, 0.15) is 39.0 Å². The molecule has 0 aromatic heterocycles. The minimum Gasteiger partial charge on any atom is -0.455 e. The molecule has 0 unspecified atom stereocenters. The molecule has 2 nitrogen and oxygen atoms in total. The molecular formula is C9H13Br2ClO2. The topological polar surface area (TPSA) is 26.3 Å². The fraction of sp³-hybridized carbons (Fsp3) is 0.889. The lowest BCUT2D eigenvalue weighted by atomic mass is 9.86. The van der Waals surface area contributed by atoms with Crippen molar-refractivity contribution in [2.75, 3.05) is 0 Å². The Balaban J connectivity index is 2.83. The van der Waals surface area contributed by atoms with Crippen LogP contribution in [0.2, 0.25) is 0 Å². The van der Waals surface area contributed by atoms with Crippen molar-refractivity contribution < 1.29 is 9.53 Å². The highest BCUT2D eigenvalue weighted by molar-refractivity contribution is 9.26. The molecule has 1 saturated carbocycles. The third kappa shape index (κ3) is 2.86. The molecule has 0 heterocycles. The second-order valence-corrected chi connectivity index (χ2v) is 8.57. The van der Waals surface area contributed by atoms with E-state index < -0.39 is 8.29 Å². The van der Waals surface area contributed by atoms with Crippen LogP contribution in [0.4, 0.5) is 0 Å². The quantitative estimate of drug-likeness (QED) is 0.558. The third-order valence-electron chi connectivity index (χ3n) is 2.52. The van der Waals surface area contributed by atoms with Crippen LogP contribution < -0.4 is 0 Å². The van der Waals surface area contributed by atoms with E-state index in [2.05, 4.69) is 31.9 Å². The average molecular weight is 348 g/mol. The largest absolute Gasteiger partial charge is 0.455 e. The number of esters is 1. The predicted molar refractivity (Wildman–Crippen MR) is 64.0 cm³/mol. The van der Waals surface area contributed by atoms with Crippen molar-refractivity contribution in [1.29, 1.82) is 0 Å². The van der Waals surface area contributed by atoms with Gasteiger partial charge in [-0.25, -0.2) is 0 Å². The van der Waals surface area contributed by atoms with Crippen molar-refractivity contribution in [2.24, 2.45) is 0 Å². The summed E-state index contributed by atoms with van der Waals surface area (Å²) in [4.78, 5) is 11.0. The lowest BCUT2D eigenvalue weighted by Gasteiger charge is -2.42. The van der Waals surface area contributed by atoms with Crippen LogP contribution in [0.3, 0.4) is 0 Å². The number of carbonyl (C=O) groups is 1. The summed E-state index contributed by atoms with van der Waals surface area (Å²) in [5.41, 5.74) is -0.612. The van der Waals surface area contributed by atoms with Gasteiger partial charge in [-0.2, -0.15) is 0 Å². The van der Waals surface area contributed by atoms with Crippen LogP contribution in [0, 0.1) is 0 Å². The van der Waals surface area contributed by atoms with Crippen molar-refractivity contribution in [1.82, 2.24) is 0 Å². The summed E-state index contributed by atoms with van der Waals surface area (Å²) in [5, 5.41) is 0. The summed E-state index contributed by atoms with van der Waals surface area (Å²) < 4.78 is 4.53. The molecular weight excluding hydrogens is 335 g/mol. The van der Waals surface area contributed by atoms with Crippen molar-refractivity contribution in [3.05, 3.63) is 0 Å². The number of halogens is 3. The van der Waals surface area contributed by atoms with Gasteiger partial charge in [-0.3, -0.25) is 4.79 Å². The minimum absolute atomic E-state index is 0.282. The molecule has 0 aromatic carbocycles. The molecule has 82 valence electrons. The van der Waals surface area contributed by atoms with Gasteiger partial charge < -0.3 is 4.74 Å². The molecule has 1 rings (SSSR count). The Bertz CT molecular complexity index is 219. The average Bonchev–Trinajstić information content (AvgIpc) is 2.02. The Morgan fingerprint density at radius 2 is 1.86 bits per heavy atom. The van der Waals surface area contributed by atoms with Crippen LogP contribution in [-0.2, 0) is 9.53 Å². The SMILES string of the molecule is CC(=O)OC1(C(Cl)(Br)Br)CCCCC1. The maximum absolute atomic E-state index is 11.0. The molecule has 0 aromatic rings. The van der Waals surface area contributed by atoms with E-state index in [9.17, 15) is 4.79 Å². The molecule has 0 bridgehead atoms. The Labute approximate surface area is 106 Å². The first-order valence-electron chi connectivity index (χ1n) is 4.64. The maximum atomic E-state index is 11.0. The van der Waals surface area contributed by atoms with Crippen LogP contribution in [-0.4, -0.2) is 14.3 Å². The van der Waals surface area contributed by atoms with Gasteiger partial charge in [-0.05, 0) is 25.7 Å². The van der Waals surface area contributed by atoms with E-state index in [4.69, 9.17) is 16.3 Å². The zero-order valence-electron chi connectivity index (χ0n) is 7.99. The maximum Gasteiger partial charge on any atom is 0.303 e. The highest BCUT2D eigenvalue weighted by Crippen LogP contribution is 2.51. The summed E-state index contributed by atoms with van der Waals surface area (Å²) in [6.07, 6.45) is 4.85. The Hall–Kier alpha value is 0.720. The highest BCUT2D eigenvalue weighted by Gasteiger charge is 2.50. The van der Waals surface area contributed by atoms with E-state index in [1.54, 1.807) is 0 Å². The molecule has 0 radical (unpaired) electrons. The van der Waals surface area contributed by atoms with Gasteiger partial charge in [0.1, 0.15) is 0 Å². The lowest BCUT2D eigenvalue weighted by molar-refractivity contribution is -0.159. The van der Waals surface area contributed by atoms with Crippen molar-refractivity contribution >= 4 is 49.4 Å². The summed E-state index contributed by atoms with van der Waals surface area (Å²) in [5.74, 6) is -0.282. The molecule has 0 saturated heterocycles. The minimum atomic E-state index is -0.848. The van der Waals surface area contributed by atoms with E-state index in [0.717, 1.165) is 25.7 Å². The molecule has 5 heteroatoms. The molecule has 0 amide bonds. The number of hydrogen-bond donors (Lipinski definition) is 0. The molecule has 14 heavy (non-hydrogen) atoms. The second-order valence-electron chi connectivity index (χ2n) is 3.65. The summed E-state index contributed by atoms with van der Waals surface area (Å²) >= 11 is 12.8. The summed E-state index contributed by atoms with van der Waals surface area (Å²) in [7, 11) is 0. The molecule has 0 N–H and O–H groups in total. The van der Waals surface area contributed by atoms with Gasteiger partial charge in [0, 0.05) is 6.92 Å². The van der Waals surface area contributed by atoms with Gasteiger partial charge in [0.05, 0.1) is 0 Å². The zero-order chi connectivity index (χ0) is 10.8. The number of carbonyl (C=O) groups excluding carboxylic acids is 1. The van der Waals surface area contributed by atoms with Crippen molar-refractivity contribution in [2.45, 2.75) is 47.3 Å². The Morgan fingerprint density at radius 1 is 1.36 bits per heavy atom. The van der Waals surface area contributed by atoms with Gasteiger partial charge in [0.15, 0.2) is 8.29 Å². The monoisotopic (exact) mass is 346 g/mol. The van der Waals surface area contributed by atoms with Crippen molar-refractivity contribution in [3.8, 4) is 0 Å². The number of alkyl halides is 3. The first-order chi connectivity index (χ1) is 6.37. The highest BCUT2D eigenvalue weighted by atomic mass is 79.9. The van der Waals surface area contributed by atoms with E-state index in [1.165, 1.54) is 13.3 Å². The smallest absolute Gasteiger partial charge is 0.303 e. The molecule has 0 aliphatic heterocycles. The van der Waals surface area contributed by atoms with Crippen LogP contribution in [0.15, 0.2) is 0 Å². The molecule has 1 fully saturated rings. The number of ether oxygens (including phenoxy) is 1. The van der Waals surface area contributed by atoms with E-state index in [1.807, 2.05) is 0 Å². The fourth-order valence-electron chi connectivity index (χ4n) is 1.84. The Morgan fingerprint density at radius 3 is 2.21 bits per heavy atom. The Kier molecular flexibility index (Phi) is 4.30. The molecule has 0 atom stereocenters. The fourth-order valence-corrected chi connectivity index (χ4v) is 3.02. The van der Waals surface area contributed by atoms with Crippen LogP contribution in [0.5, 0.6) is 0 Å². The summed E-state index contributed by atoms with van der Waals surface area (Å²) in [6, 6.07) is 0. The third-order valence-corrected chi connectivity index (χ3v) is 4.31. The van der Waals surface area contributed by atoms with E-state index >= 15 is 0 Å². The van der Waals surface area contributed by atoms with Gasteiger partial charge in [-0.1, -0.05) is 49.9 Å². The van der Waals surface area contributed by atoms with Crippen molar-refractivity contribution in [3.63, 3.8) is 0 Å². The first kappa shape index (κ1) is 12.8. The number of rotatable bonds is 2. The van der Waals surface area contributed by atoms with Gasteiger partial charge in [0.25, 0.3) is 0 Å². The predicted octanol–water partition coefficient (Wildman–Crippen LogP) is 3.93. The first-order valence-corrected chi connectivity index (χ1v) is 6.60. The van der Waals surface area contributed by atoms with Gasteiger partial charge >= 0.3 is 5.97 Å². The normalized spacial score (nSPS) is 21.7. The zero-order valence-corrected chi connectivity index (χ0v) is 11.9. The van der Waals surface area contributed by atoms with Crippen LogP contribution >= 0.6 is 43.5 Å². The van der Waals surface area contributed by atoms with E-state index in [0.29, 0.717) is 0 Å². The summed E-state index contributed by atoms with van der Waals surface area (Å²) in [6.45, 7) is 1.42. The van der Waals surface area contributed by atoms with Gasteiger partial charge in [-0.15, -0.1) is 0 Å². The standard InChI is InChI=1S/C9H13Br2ClO2/c1-7(13)14-8(9(10,11)12)5-3-2-4-6-8/h2-6H2,1H3. The van der Waals surface area contributed by atoms with E-state index in [-0.39, 0.29) is 5.97 Å². The van der Waals surface area contributed by atoms with Crippen LogP contribution in [0.25, 0.3) is 0 Å². The second kappa shape index (κ2) is 4.71. The van der Waals surface area contributed by atoms with Gasteiger partial charge in [0.2, 0.25) is 0 Å². The molecule has 1 aliphatic carbocycles. The molecule has 0 spiro atoms. The lowest BCUT2D eigenvalue weighted by Crippen LogP contribution is -2.47. The number of hydrogen-bond acceptors (Lipinski definition) is 2.